The van der Waals surface area contributed by atoms with Crippen LogP contribution in [-0.4, -0.2) is 28.5 Å². The Morgan fingerprint density at radius 2 is 1.62 bits per heavy atom. The third kappa shape index (κ3) is 3.18. The van der Waals surface area contributed by atoms with Crippen molar-refractivity contribution in [3.05, 3.63) is 64.0 Å². The monoisotopic (exact) mass is 326 g/mol. The summed E-state index contributed by atoms with van der Waals surface area (Å²) in [5, 5.41) is 28.5. The quantitative estimate of drug-likeness (QED) is 0.626. The number of aliphatic hydroxyl groups excluding tert-OH is 2. The highest BCUT2D eigenvalue weighted by Gasteiger charge is 2.12. The standard InChI is InChI=1S/C19H18O5/c20-7-5-12-9-14(6-8-21)18-15(10-12)11-17(19(23)24-18)13-1-3-16(22)4-2-13/h1-4,9-11,20-22H,5-8H2. The molecule has 1 heterocycles. The van der Waals surface area contributed by atoms with Crippen molar-refractivity contribution in [3.63, 3.8) is 0 Å². The van der Waals surface area contributed by atoms with E-state index in [4.69, 9.17) is 9.52 Å². The number of rotatable bonds is 5. The Balaban J connectivity index is 2.21. The number of phenolic OH excluding ortho intramolecular Hbond substituents is 1. The van der Waals surface area contributed by atoms with Crippen LogP contribution in [0.1, 0.15) is 11.1 Å². The summed E-state index contributed by atoms with van der Waals surface area (Å²) in [4.78, 5) is 12.4. The van der Waals surface area contributed by atoms with Crippen LogP contribution in [0.25, 0.3) is 22.1 Å². The Kier molecular flexibility index (Phi) is 4.64. The van der Waals surface area contributed by atoms with E-state index in [1.54, 1.807) is 18.2 Å². The smallest absolute Gasteiger partial charge is 0.344 e. The van der Waals surface area contributed by atoms with Crippen molar-refractivity contribution in [1.82, 2.24) is 0 Å². The third-order valence-electron chi connectivity index (χ3n) is 3.93. The highest BCUT2D eigenvalue weighted by Crippen LogP contribution is 2.26. The zero-order chi connectivity index (χ0) is 17.1. The van der Waals surface area contributed by atoms with Crippen LogP contribution in [0.5, 0.6) is 5.75 Å². The highest BCUT2D eigenvalue weighted by atomic mass is 16.4. The van der Waals surface area contributed by atoms with Crippen molar-refractivity contribution in [2.45, 2.75) is 12.8 Å². The molecule has 5 nitrogen and oxygen atoms in total. The lowest BCUT2D eigenvalue weighted by Crippen LogP contribution is -2.05. The average molecular weight is 326 g/mol. The summed E-state index contributed by atoms with van der Waals surface area (Å²) in [5.74, 6) is 0.124. The highest BCUT2D eigenvalue weighted by molar-refractivity contribution is 5.85. The topological polar surface area (TPSA) is 90.9 Å². The van der Waals surface area contributed by atoms with E-state index in [0.717, 1.165) is 16.5 Å². The van der Waals surface area contributed by atoms with Gasteiger partial charge in [-0.15, -0.1) is 0 Å². The number of hydrogen-bond donors (Lipinski definition) is 3. The molecule has 0 spiro atoms. The lowest BCUT2D eigenvalue weighted by Gasteiger charge is -2.09. The molecule has 0 saturated carbocycles. The molecule has 2 aromatic carbocycles. The van der Waals surface area contributed by atoms with E-state index in [1.807, 2.05) is 12.1 Å². The van der Waals surface area contributed by atoms with E-state index < -0.39 is 5.63 Å². The zero-order valence-electron chi connectivity index (χ0n) is 13.0. The predicted molar refractivity (Wildman–Crippen MR) is 91.2 cm³/mol. The van der Waals surface area contributed by atoms with Crippen molar-refractivity contribution in [3.8, 4) is 16.9 Å². The minimum Gasteiger partial charge on any atom is -0.508 e. The molecule has 3 aromatic rings. The maximum absolute atomic E-state index is 12.4. The molecule has 124 valence electrons. The summed E-state index contributed by atoms with van der Waals surface area (Å²) in [7, 11) is 0. The van der Waals surface area contributed by atoms with Gasteiger partial charge in [0, 0.05) is 18.6 Å². The molecule has 0 saturated heterocycles. The van der Waals surface area contributed by atoms with Gasteiger partial charge in [0.2, 0.25) is 0 Å². The Morgan fingerprint density at radius 3 is 2.29 bits per heavy atom. The van der Waals surface area contributed by atoms with Gasteiger partial charge in [-0.05, 0) is 53.8 Å². The van der Waals surface area contributed by atoms with Gasteiger partial charge in [0.05, 0.1) is 5.56 Å². The Bertz CT molecular complexity index is 909. The van der Waals surface area contributed by atoms with E-state index in [2.05, 4.69) is 0 Å². The first-order chi connectivity index (χ1) is 11.6. The molecule has 0 fully saturated rings. The molecule has 0 amide bonds. The zero-order valence-corrected chi connectivity index (χ0v) is 13.0. The summed E-state index contributed by atoms with van der Waals surface area (Å²) in [6, 6.07) is 11.8. The number of fused-ring (bicyclic) bond motifs is 1. The number of benzene rings is 2. The number of phenols is 1. The molecule has 24 heavy (non-hydrogen) atoms. The van der Waals surface area contributed by atoms with E-state index in [-0.39, 0.29) is 19.0 Å². The average Bonchev–Trinajstić information content (AvgIpc) is 2.56. The van der Waals surface area contributed by atoms with Gasteiger partial charge in [-0.3, -0.25) is 0 Å². The maximum atomic E-state index is 12.4. The molecule has 0 aliphatic rings. The first-order valence-electron chi connectivity index (χ1n) is 7.73. The number of hydrogen-bond acceptors (Lipinski definition) is 5. The maximum Gasteiger partial charge on any atom is 0.344 e. The molecular weight excluding hydrogens is 308 g/mol. The van der Waals surface area contributed by atoms with E-state index in [0.29, 0.717) is 29.6 Å². The summed E-state index contributed by atoms with van der Waals surface area (Å²) < 4.78 is 5.50. The molecule has 5 heteroatoms. The van der Waals surface area contributed by atoms with Crippen molar-refractivity contribution < 1.29 is 19.7 Å². The van der Waals surface area contributed by atoms with Gasteiger partial charge in [0.1, 0.15) is 11.3 Å². The lowest BCUT2D eigenvalue weighted by atomic mass is 9.99. The predicted octanol–water partition coefficient (Wildman–Crippen LogP) is 2.24. The van der Waals surface area contributed by atoms with E-state index >= 15 is 0 Å². The molecular formula is C19H18O5. The number of aliphatic hydroxyl groups is 2. The van der Waals surface area contributed by atoms with E-state index in [9.17, 15) is 15.0 Å². The normalized spacial score (nSPS) is 11.1. The fourth-order valence-electron chi connectivity index (χ4n) is 2.80. The minimum absolute atomic E-state index is 0.0195. The Labute approximate surface area is 138 Å². The first kappa shape index (κ1) is 16.2. The molecule has 0 unspecified atom stereocenters. The first-order valence-corrected chi connectivity index (χ1v) is 7.73. The Morgan fingerprint density at radius 1 is 0.917 bits per heavy atom. The molecule has 1 aromatic heterocycles. The van der Waals surface area contributed by atoms with Gasteiger partial charge in [-0.2, -0.15) is 0 Å². The largest absolute Gasteiger partial charge is 0.508 e. The van der Waals surface area contributed by atoms with Gasteiger partial charge in [-0.1, -0.05) is 18.2 Å². The van der Waals surface area contributed by atoms with Gasteiger partial charge in [0.25, 0.3) is 0 Å². The molecule has 0 radical (unpaired) electrons. The molecule has 0 bridgehead atoms. The second-order valence-corrected chi connectivity index (χ2v) is 5.61. The summed E-state index contributed by atoms with van der Waals surface area (Å²) in [6.45, 7) is -0.0349. The third-order valence-corrected chi connectivity index (χ3v) is 3.93. The van der Waals surface area contributed by atoms with Crippen LogP contribution < -0.4 is 5.63 Å². The van der Waals surface area contributed by atoms with Gasteiger partial charge < -0.3 is 19.7 Å². The van der Waals surface area contributed by atoms with Crippen molar-refractivity contribution in [1.29, 1.82) is 0 Å². The molecule has 0 aliphatic heterocycles. The van der Waals surface area contributed by atoms with Crippen LogP contribution in [-0.2, 0) is 12.8 Å². The second kappa shape index (κ2) is 6.86. The van der Waals surface area contributed by atoms with Crippen molar-refractivity contribution >= 4 is 11.0 Å². The second-order valence-electron chi connectivity index (χ2n) is 5.61. The lowest BCUT2D eigenvalue weighted by molar-refractivity contribution is 0.298. The Hall–Kier alpha value is -2.63. The summed E-state index contributed by atoms with van der Waals surface area (Å²) >= 11 is 0. The fraction of sp³-hybridized carbons (Fsp3) is 0.211. The minimum atomic E-state index is -0.470. The molecule has 3 rings (SSSR count). The van der Waals surface area contributed by atoms with Crippen LogP contribution in [0.2, 0.25) is 0 Å². The van der Waals surface area contributed by atoms with Gasteiger partial charge in [-0.25, -0.2) is 4.79 Å². The van der Waals surface area contributed by atoms with Crippen LogP contribution in [0.3, 0.4) is 0 Å². The van der Waals surface area contributed by atoms with Crippen LogP contribution in [0, 0.1) is 0 Å². The van der Waals surface area contributed by atoms with Crippen LogP contribution in [0.4, 0.5) is 0 Å². The van der Waals surface area contributed by atoms with Crippen molar-refractivity contribution in [2.75, 3.05) is 13.2 Å². The van der Waals surface area contributed by atoms with Gasteiger partial charge >= 0.3 is 5.63 Å². The molecule has 3 N–H and O–H groups in total. The summed E-state index contributed by atoms with van der Waals surface area (Å²) in [5.41, 5.74) is 2.70. The van der Waals surface area contributed by atoms with Crippen LogP contribution >= 0.6 is 0 Å². The van der Waals surface area contributed by atoms with Crippen molar-refractivity contribution in [2.24, 2.45) is 0 Å². The number of aromatic hydroxyl groups is 1. The SMILES string of the molecule is O=c1oc2c(CCO)cc(CCO)cc2cc1-c1ccc(O)cc1. The summed E-state index contributed by atoms with van der Waals surface area (Å²) in [6.07, 6.45) is 0.860. The fourth-order valence-corrected chi connectivity index (χ4v) is 2.80. The van der Waals surface area contributed by atoms with Gasteiger partial charge in [0.15, 0.2) is 0 Å². The van der Waals surface area contributed by atoms with Crippen LogP contribution in [0.15, 0.2) is 51.7 Å². The van der Waals surface area contributed by atoms with E-state index in [1.165, 1.54) is 12.1 Å². The molecule has 0 aliphatic carbocycles. The molecule has 0 atom stereocenters.